The molecule has 1 saturated heterocycles. The third-order valence-corrected chi connectivity index (χ3v) is 3.51. The molecule has 0 aromatic carbocycles. The van der Waals surface area contributed by atoms with Crippen molar-refractivity contribution in [3.05, 3.63) is 24.3 Å². The first-order chi connectivity index (χ1) is 9.83. The van der Waals surface area contributed by atoms with Gasteiger partial charge in [-0.25, -0.2) is 0 Å². The monoisotopic (exact) mass is 274 g/mol. The molecule has 106 valence electrons. The van der Waals surface area contributed by atoms with Gasteiger partial charge in [0, 0.05) is 6.54 Å². The molecule has 3 heterocycles. The van der Waals surface area contributed by atoms with Gasteiger partial charge in [0.05, 0.1) is 24.0 Å². The van der Waals surface area contributed by atoms with Crippen molar-refractivity contribution in [2.45, 2.75) is 25.3 Å². The van der Waals surface area contributed by atoms with Crippen molar-refractivity contribution in [3.63, 3.8) is 0 Å². The first kappa shape index (κ1) is 13.1. The van der Waals surface area contributed by atoms with Crippen molar-refractivity contribution in [2.75, 3.05) is 19.6 Å². The fraction of sp³-hybridized carbons (Fsp3) is 0.538. The minimum Gasteiger partial charge on any atom is -0.334 e. The molecule has 2 aromatic rings. The van der Waals surface area contributed by atoms with Crippen molar-refractivity contribution in [1.29, 1.82) is 0 Å². The second kappa shape index (κ2) is 6.06. The van der Waals surface area contributed by atoms with Crippen molar-refractivity contribution in [2.24, 2.45) is 5.73 Å². The highest BCUT2D eigenvalue weighted by atomic mass is 16.5. The lowest BCUT2D eigenvalue weighted by molar-refractivity contribution is 0.213. The molecule has 1 atom stereocenters. The first-order valence-corrected chi connectivity index (χ1v) is 6.91. The Morgan fingerprint density at radius 2 is 2.10 bits per heavy atom. The lowest BCUT2D eigenvalue weighted by atomic mass is 10.1. The highest BCUT2D eigenvalue weighted by Gasteiger charge is 2.19. The fourth-order valence-corrected chi connectivity index (χ4v) is 2.42. The van der Waals surface area contributed by atoms with Gasteiger partial charge in [-0.1, -0.05) is 11.6 Å². The maximum absolute atomic E-state index is 6.16. The third-order valence-electron chi connectivity index (χ3n) is 3.51. The summed E-state index contributed by atoms with van der Waals surface area (Å²) in [6.07, 6.45) is 6.98. The fourth-order valence-electron chi connectivity index (χ4n) is 2.42. The van der Waals surface area contributed by atoms with Gasteiger partial charge in [0.15, 0.2) is 5.82 Å². The Kier molecular flexibility index (Phi) is 3.98. The standard InChI is InChI=1S/C13H18N6O/c14-11(9-19-6-2-1-3-7-19)12-17-13(20-18-12)10-4-5-15-16-8-10/h4-5,8,11H,1-3,6-7,9,14H2. The molecular formula is C13H18N6O. The molecule has 2 aromatic heterocycles. The Bertz CT molecular complexity index is 537. The molecule has 1 aliphatic heterocycles. The van der Waals surface area contributed by atoms with Gasteiger partial charge >= 0.3 is 0 Å². The number of hydrogen-bond acceptors (Lipinski definition) is 7. The summed E-state index contributed by atoms with van der Waals surface area (Å²) in [5, 5.41) is 11.5. The summed E-state index contributed by atoms with van der Waals surface area (Å²) in [6.45, 7) is 2.98. The van der Waals surface area contributed by atoms with Crippen LogP contribution in [0.4, 0.5) is 0 Å². The van der Waals surface area contributed by atoms with Crippen molar-refractivity contribution < 1.29 is 4.52 Å². The number of rotatable bonds is 4. The smallest absolute Gasteiger partial charge is 0.259 e. The van der Waals surface area contributed by atoms with Crippen LogP contribution in [0.25, 0.3) is 11.5 Å². The van der Waals surface area contributed by atoms with Gasteiger partial charge < -0.3 is 15.2 Å². The van der Waals surface area contributed by atoms with E-state index < -0.39 is 0 Å². The zero-order valence-electron chi connectivity index (χ0n) is 11.3. The molecule has 1 aliphatic rings. The molecule has 0 amide bonds. The molecule has 0 bridgehead atoms. The lowest BCUT2D eigenvalue weighted by Crippen LogP contribution is -2.36. The summed E-state index contributed by atoms with van der Waals surface area (Å²) >= 11 is 0. The van der Waals surface area contributed by atoms with Gasteiger partial charge in [0.1, 0.15) is 0 Å². The minimum absolute atomic E-state index is 0.222. The Balaban J connectivity index is 1.66. The largest absolute Gasteiger partial charge is 0.334 e. The molecule has 7 nitrogen and oxygen atoms in total. The first-order valence-electron chi connectivity index (χ1n) is 6.91. The van der Waals surface area contributed by atoms with E-state index in [4.69, 9.17) is 10.3 Å². The molecule has 0 aliphatic carbocycles. The Morgan fingerprint density at radius 1 is 1.25 bits per heavy atom. The zero-order valence-corrected chi connectivity index (χ0v) is 11.3. The van der Waals surface area contributed by atoms with E-state index in [0.29, 0.717) is 11.7 Å². The lowest BCUT2D eigenvalue weighted by Gasteiger charge is -2.27. The zero-order chi connectivity index (χ0) is 13.8. The molecule has 0 spiro atoms. The van der Waals surface area contributed by atoms with E-state index in [-0.39, 0.29) is 6.04 Å². The number of nitrogens with two attached hydrogens (primary N) is 1. The topological polar surface area (TPSA) is 94.0 Å². The van der Waals surface area contributed by atoms with E-state index in [0.717, 1.165) is 25.2 Å². The highest BCUT2D eigenvalue weighted by Crippen LogP contribution is 2.18. The van der Waals surface area contributed by atoms with Crippen molar-refractivity contribution in [1.82, 2.24) is 25.2 Å². The Labute approximate surface area is 117 Å². The van der Waals surface area contributed by atoms with E-state index in [2.05, 4.69) is 25.2 Å². The van der Waals surface area contributed by atoms with E-state index >= 15 is 0 Å². The summed E-state index contributed by atoms with van der Waals surface area (Å²) in [5.74, 6) is 0.978. The minimum atomic E-state index is -0.222. The summed E-state index contributed by atoms with van der Waals surface area (Å²) in [4.78, 5) is 6.71. The van der Waals surface area contributed by atoms with Crippen LogP contribution in [-0.2, 0) is 0 Å². The molecule has 3 rings (SSSR count). The molecule has 0 radical (unpaired) electrons. The summed E-state index contributed by atoms with van der Waals surface area (Å²) in [7, 11) is 0. The van der Waals surface area contributed by atoms with Crippen LogP contribution in [0.2, 0.25) is 0 Å². The predicted molar refractivity (Wildman–Crippen MR) is 72.5 cm³/mol. The van der Waals surface area contributed by atoms with Gasteiger partial charge in [-0.15, -0.1) is 0 Å². The van der Waals surface area contributed by atoms with Crippen LogP contribution >= 0.6 is 0 Å². The maximum atomic E-state index is 6.16. The van der Waals surface area contributed by atoms with Crippen LogP contribution in [0.5, 0.6) is 0 Å². The van der Waals surface area contributed by atoms with Crippen LogP contribution in [0.15, 0.2) is 23.0 Å². The van der Waals surface area contributed by atoms with Crippen LogP contribution in [-0.4, -0.2) is 44.9 Å². The molecule has 1 fully saturated rings. The van der Waals surface area contributed by atoms with Crippen LogP contribution < -0.4 is 5.73 Å². The SMILES string of the molecule is NC(CN1CCCCC1)c1noc(-c2ccnnc2)n1. The highest BCUT2D eigenvalue weighted by molar-refractivity contribution is 5.49. The Morgan fingerprint density at radius 3 is 2.85 bits per heavy atom. The van der Waals surface area contributed by atoms with Crippen LogP contribution in [0.1, 0.15) is 31.1 Å². The third kappa shape index (κ3) is 3.00. The van der Waals surface area contributed by atoms with Gasteiger partial charge in [-0.2, -0.15) is 15.2 Å². The summed E-state index contributed by atoms with van der Waals surface area (Å²) < 4.78 is 5.23. The van der Waals surface area contributed by atoms with Crippen molar-refractivity contribution >= 4 is 0 Å². The molecule has 7 heteroatoms. The summed E-state index contributed by atoms with van der Waals surface area (Å²) in [6, 6.07) is 1.56. The molecule has 1 unspecified atom stereocenters. The van der Waals surface area contributed by atoms with Gasteiger partial charge in [0.2, 0.25) is 0 Å². The van der Waals surface area contributed by atoms with Crippen LogP contribution in [0, 0.1) is 0 Å². The summed E-state index contributed by atoms with van der Waals surface area (Å²) in [5.41, 5.74) is 6.92. The van der Waals surface area contributed by atoms with E-state index in [1.807, 2.05) is 0 Å². The van der Waals surface area contributed by atoms with E-state index in [1.165, 1.54) is 19.3 Å². The Hall–Kier alpha value is -1.86. The molecule has 2 N–H and O–H groups in total. The second-order valence-corrected chi connectivity index (χ2v) is 5.06. The number of nitrogens with zero attached hydrogens (tertiary/aromatic N) is 5. The quantitative estimate of drug-likeness (QED) is 0.889. The maximum Gasteiger partial charge on any atom is 0.259 e. The molecule has 0 saturated carbocycles. The predicted octanol–water partition coefficient (Wildman–Crippen LogP) is 1.01. The van der Waals surface area contributed by atoms with E-state index in [1.54, 1.807) is 18.5 Å². The van der Waals surface area contributed by atoms with Gasteiger partial charge in [0.25, 0.3) is 5.89 Å². The normalized spacial score (nSPS) is 18.1. The van der Waals surface area contributed by atoms with Gasteiger partial charge in [-0.05, 0) is 32.0 Å². The number of hydrogen-bond donors (Lipinski definition) is 1. The van der Waals surface area contributed by atoms with Crippen molar-refractivity contribution in [3.8, 4) is 11.5 Å². The van der Waals surface area contributed by atoms with E-state index in [9.17, 15) is 0 Å². The van der Waals surface area contributed by atoms with Crippen LogP contribution in [0.3, 0.4) is 0 Å². The molecular weight excluding hydrogens is 256 g/mol. The number of aromatic nitrogens is 4. The average Bonchev–Trinajstić information content (AvgIpc) is 2.99. The van der Waals surface area contributed by atoms with Gasteiger partial charge in [-0.3, -0.25) is 0 Å². The molecule has 20 heavy (non-hydrogen) atoms. The number of likely N-dealkylation sites (tertiary alicyclic amines) is 1. The second-order valence-electron chi connectivity index (χ2n) is 5.06. The number of piperidine rings is 1. The average molecular weight is 274 g/mol.